The summed E-state index contributed by atoms with van der Waals surface area (Å²) in [5.74, 6) is 0. The number of aromatic nitrogens is 1. The number of fused-ring (bicyclic) bond motifs is 1. The molecule has 1 aliphatic rings. The molecule has 2 nitrogen and oxygen atoms in total. The molecule has 1 aliphatic carbocycles. The average Bonchev–Trinajstić information content (AvgIpc) is 2.81. The normalized spacial score (nSPS) is 14.2. The molecule has 19 heavy (non-hydrogen) atoms. The van der Waals surface area contributed by atoms with E-state index >= 15 is 0 Å². The Hall–Kier alpha value is -1.35. The first-order valence-corrected chi connectivity index (χ1v) is 7.83. The molecule has 0 saturated heterocycles. The highest BCUT2D eigenvalue weighted by atomic mass is 32.1. The maximum atomic E-state index is 4.78. The van der Waals surface area contributed by atoms with Gasteiger partial charge < -0.3 is 5.32 Å². The number of aryl methyl sites for hydroxylation is 4. The molecule has 0 aliphatic heterocycles. The van der Waals surface area contributed by atoms with Crippen LogP contribution in [-0.4, -0.2) is 4.98 Å². The molecule has 0 amide bonds. The number of benzene rings is 1. The summed E-state index contributed by atoms with van der Waals surface area (Å²) in [6.07, 6.45) is 5.05. The number of hydrogen-bond acceptors (Lipinski definition) is 3. The molecule has 1 aromatic heterocycles. The maximum Gasteiger partial charge on any atom is 0.112 e. The summed E-state index contributed by atoms with van der Waals surface area (Å²) in [6.45, 7) is 5.16. The molecular weight excluding hydrogens is 252 g/mol. The van der Waals surface area contributed by atoms with Crippen molar-refractivity contribution in [2.45, 2.75) is 46.1 Å². The number of nitrogens with one attached hydrogen (secondary N) is 1. The van der Waals surface area contributed by atoms with Crippen molar-refractivity contribution in [3.63, 3.8) is 0 Å². The maximum absolute atomic E-state index is 4.78. The van der Waals surface area contributed by atoms with Crippen molar-refractivity contribution in [1.82, 2.24) is 4.98 Å². The summed E-state index contributed by atoms with van der Waals surface area (Å²) in [5, 5.41) is 4.79. The predicted molar refractivity (Wildman–Crippen MR) is 82.0 cm³/mol. The molecule has 1 N–H and O–H groups in total. The molecule has 0 fully saturated rings. The summed E-state index contributed by atoms with van der Waals surface area (Å²) in [4.78, 5) is 6.30. The summed E-state index contributed by atoms with van der Waals surface area (Å²) < 4.78 is 0. The van der Waals surface area contributed by atoms with E-state index in [9.17, 15) is 0 Å². The second-order valence-electron chi connectivity index (χ2n) is 5.30. The zero-order valence-electron chi connectivity index (χ0n) is 11.6. The van der Waals surface area contributed by atoms with E-state index in [2.05, 4.69) is 37.4 Å². The Morgan fingerprint density at radius 1 is 1.16 bits per heavy atom. The van der Waals surface area contributed by atoms with E-state index in [1.165, 1.54) is 58.1 Å². The number of para-hydroxylation sites is 1. The molecule has 0 radical (unpaired) electrons. The van der Waals surface area contributed by atoms with Gasteiger partial charge in [0, 0.05) is 10.6 Å². The van der Waals surface area contributed by atoms with Gasteiger partial charge in [0.05, 0.1) is 12.2 Å². The molecule has 100 valence electrons. The molecule has 3 rings (SSSR count). The fourth-order valence-corrected chi connectivity index (χ4v) is 3.83. The minimum absolute atomic E-state index is 0.851. The minimum Gasteiger partial charge on any atom is -0.378 e. The third kappa shape index (κ3) is 2.66. The Labute approximate surface area is 118 Å². The molecule has 2 aromatic rings. The third-order valence-electron chi connectivity index (χ3n) is 3.79. The second kappa shape index (κ2) is 5.33. The first-order valence-electron chi connectivity index (χ1n) is 7.01. The van der Waals surface area contributed by atoms with Crippen molar-refractivity contribution in [3.8, 4) is 0 Å². The molecular formula is C16H20N2S. The highest BCUT2D eigenvalue weighted by Gasteiger charge is 2.15. The standard InChI is InChI=1S/C16H20N2S/c1-11-6-5-7-12(2)16(11)17-10-15-18-13-8-3-4-9-14(13)19-15/h5-7,17H,3-4,8-10H2,1-2H3. The number of anilines is 1. The topological polar surface area (TPSA) is 24.9 Å². The van der Waals surface area contributed by atoms with Crippen LogP contribution in [0.1, 0.15) is 39.5 Å². The van der Waals surface area contributed by atoms with Crippen molar-refractivity contribution in [3.05, 3.63) is 44.9 Å². The van der Waals surface area contributed by atoms with Gasteiger partial charge in [0.15, 0.2) is 0 Å². The van der Waals surface area contributed by atoms with Gasteiger partial charge in [-0.25, -0.2) is 4.98 Å². The Kier molecular flexibility index (Phi) is 3.56. The lowest BCUT2D eigenvalue weighted by Crippen LogP contribution is -2.03. The van der Waals surface area contributed by atoms with Crippen LogP contribution in [0.3, 0.4) is 0 Å². The van der Waals surface area contributed by atoms with Crippen LogP contribution in [0.2, 0.25) is 0 Å². The minimum atomic E-state index is 0.851. The first kappa shape index (κ1) is 12.7. The van der Waals surface area contributed by atoms with Crippen LogP contribution >= 0.6 is 11.3 Å². The molecule has 0 atom stereocenters. The summed E-state index contributed by atoms with van der Waals surface area (Å²) in [5.41, 5.74) is 5.23. The molecule has 0 bridgehead atoms. The van der Waals surface area contributed by atoms with E-state index in [0.717, 1.165) is 6.54 Å². The lowest BCUT2D eigenvalue weighted by Gasteiger charge is -2.11. The Bertz CT molecular complexity index is 543. The number of thiazole rings is 1. The molecule has 0 saturated carbocycles. The predicted octanol–water partition coefficient (Wildman–Crippen LogP) is 4.25. The smallest absolute Gasteiger partial charge is 0.112 e. The summed E-state index contributed by atoms with van der Waals surface area (Å²) >= 11 is 1.89. The molecule has 3 heteroatoms. The van der Waals surface area contributed by atoms with Crippen molar-refractivity contribution in [2.75, 3.05) is 5.32 Å². The van der Waals surface area contributed by atoms with Crippen LogP contribution < -0.4 is 5.32 Å². The van der Waals surface area contributed by atoms with Crippen molar-refractivity contribution < 1.29 is 0 Å². The van der Waals surface area contributed by atoms with Gasteiger partial charge >= 0.3 is 0 Å². The Morgan fingerprint density at radius 3 is 2.63 bits per heavy atom. The van der Waals surface area contributed by atoms with E-state index < -0.39 is 0 Å². The summed E-state index contributed by atoms with van der Waals surface area (Å²) in [6, 6.07) is 6.42. The Morgan fingerprint density at radius 2 is 1.89 bits per heavy atom. The average molecular weight is 272 g/mol. The van der Waals surface area contributed by atoms with Gasteiger partial charge in [0.2, 0.25) is 0 Å². The fraction of sp³-hybridized carbons (Fsp3) is 0.438. The van der Waals surface area contributed by atoms with Gasteiger partial charge in [-0.3, -0.25) is 0 Å². The van der Waals surface area contributed by atoms with Gasteiger partial charge in [0.1, 0.15) is 5.01 Å². The third-order valence-corrected chi connectivity index (χ3v) is 4.94. The second-order valence-corrected chi connectivity index (χ2v) is 6.47. The van der Waals surface area contributed by atoms with Crippen LogP contribution in [0.5, 0.6) is 0 Å². The van der Waals surface area contributed by atoms with Crippen molar-refractivity contribution >= 4 is 17.0 Å². The monoisotopic (exact) mass is 272 g/mol. The quantitative estimate of drug-likeness (QED) is 0.903. The van der Waals surface area contributed by atoms with Gasteiger partial charge in [-0.1, -0.05) is 18.2 Å². The molecule has 0 unspecified atom stereocenters. The number of hydrogen-bond donors (Lipinski definition) is 1. The van der Waals surface area contributed by atoms with E-state index in [1.54, 1.807) is 0 Å². The largest absolute Gasteiger partial charge is 0.378 e. The van der Waals surface area contributed by atoms with Crippen LogP contribution in [0.15, 0.2) is 18.2 Å². The first-order chi connectivity index (χ1) is 9.24. The van der Waals surface area contributed by atoms with Gasteiger partial charge in [-0.15, -0.1) is 11.3 Å². The number of nitrogens with zero attached hydrogens (tertiary/aromatic N) is 1. The SMILES string of the molecule is Cc1cccc(C)c1NCc1nc2c(s1)CCCC2. The van der Waals surface area contributed by atoms with Crippen molar-refractivity contribution in [2.24, 2.45) is 0 Å². The van der Waals surface area contributed by atoms with Crippen molar-refractivity contribution in [1.29, 1.82) is 0 Å². The highest BCUT2D eigenvalue weighted by molar-refractivity contribution is 7.11. The van der Waals surface area contributed by atoms with Crippen LogP contribution in [0.4, 0.5) is 5.69 Å². The van der Waals surface area contributed by atoms with Gasteiger partial charge in [0.25, 0.3) is 0 Å². The zero-order valence-corrected chi connectivity index (χ0v) is 12.4. The lowest BCUT2D eigenvalue weighted by molar-refractivity contribution is 0.681. The Balaban J connectivity index is 1.74. The number of rotatable bonds is 3. The van der Waals surface area contributed by atoms with E-state index in [-0.39, 0.29) is 0 Å². The molecule has 0 spiro atoms. The molecule has 1 heterocycles. The lowest BCUT2D eigenvalue weighted by atomic mass is 10.0. The summed E-state index contributed by atoms with van der Waals surface area (Å²) in [7, 11) is 0. The van der Waals surface area contributed by atoms with E-state index in [0.29, 0.717) is 0 Å². The van der Waals surface area contributed by atoms with Crippen LogP contribution in [-0.2, 0) is 19.4 Å². The van der Waals surface area contributed by atoms with Gasteiger partial charge in [-0.05, 0) is 50.7 Å². The van der Waals surface area contributed by atoms with Crippen LogP contribution in [0.25, 0.3) is 0 Å². The van der Waals surface area contributed by atoms with Crippen LogP contribution in [0, 0.1) is 13.8 Å². The van der Waals surface area contributed by atoms with E-state index in [4.69, 9.17) is 4.98 Å². The van der Waals surface area contributed by atoms with E-state index in [1.807, 2.05) is 11.3 Å². The zero-order chi connectivity index (χ0) is 13.2. The van der Waals surface area contributed by atoms with Gasteiger partial charge in [-0.2, -0.15) is 0 Å². The highest BCUT2D eigenvalue weighted by Crippen LogP contribution is 2.27. The molecule has 1 aromatic carbocycles. The fourth-order valence-electron chi connectivity index (χ4n) is 2.74.